The van der Waals surface area contributed by atoms with Crippen molar-refractivity contribution in [1.82, 2.24) is 4.90 Å². The minimum atomic E-state index is -0.188. The first-order valence-corrected chi connectivity index (χ1v) is 13.0. The number of anilines is 2. The monoisotopic (exact) mass is 491 g/mol. The maximum Gasteiger partial charge on any atom is 0.255 e. The molecule has 5 atom stereocenters. The molecular weight excluding hydrogens is 462 g/mol. The van der Waals surface area contributed by atoms with Gasteiger partial charge in [0, 0.05) is 31.4 Å². The molecule has 0 spiro atoms. The van der Waals surface area contributed by atoms with Crippen LogP contribution in [-0.2, 0) is 9.59 Å². The lowest BCUT2D eigenvalue weighted by molar-refractivity contribution is -0.123. The normalized spacial score (nSPS) is 29.8. The van der Waals surface area contributed by atoms with E-state index in [1.807, 2.05) is 4.90 Å². The van der Waals surface area contributed by atoms with E-state index in [2.05, 4.69) is 43.0 Å². The van der Waals surface area contributed by atoms with Crippen molar-refractivity contribution in [2.75, 3.05) is 29.4 Å². The Balaban J connectivity index is 1.22. The van der Waals surface area contributed by atoms with Gasteiger partial charge >= 0.3 is 0 Å². The van der Waals surface area contributed by atoms with E-state index in [0.29, 0.717) is 41.2 Å². The molecule has 2 aliphatic heterocycles. The van der Waals surface area contributed by atoms with Crippen LogP contribution in [0.4, 0.5) is 11.4 Å². The van der Waals surface area contributed by atoms with Crippen LogP contribution in [0.1, 0.15) is 42.1 Å². The summed E-state index contributed by atoms with van der Waals surface area (Å²) >= 11 is 6.47. The molecule has 2 aromatic rings. The Morgan fingerprint density at radius 3 is 2.31 bits per heavy atom. The molecule has 2 bridgehead atoms. The highest BCUT2D eigenvalue weighted by Gasteiger charge is 2.61. The second-order valence-electron chi connectivity index (χ2n) is 10.7. The van der Waals surface area contributed by atoms with Crippen molar-refractivity contribution in [1.29, 1.82) is 0 Å². The molecule has 2 aromatic carbocycles. The SMILES string of the molecule is Cc1cccc(N2CCN(C(=O)c3cc(N4C(=O)[C@@H]5[C@H]6CC[C@@H](C6)[C@@H]5C4=O)ccc3Cl)C[C@@H]2C)c1. The fourth-order valence-corrected chi connectivity index (χ4v) is 7.18. The molecule has 6 nitrogen and oxygen atoms in total. The third-order valence-corrected chi connectivity index (χ3v) is 8.94. The molecule has 4 fully saturated rings. The van der Waals surface area contributed by atoms with Crippen LogP contribution in [0.3, 0.4) is 0 Å². The van der Waals surface area contributed by atoms with Crippen LogP contribution in [0.5, 0.6) is 0 Å². The Morgan fingerprint density at radius 1 is 0.943 bits per heavy atom. The van der Waals surface area contributed by atoms with Crippen molar-refractivity contribution in [3.63, 3.8) is 0 Å². The second kappa shape index (κ2) is 8.37. The lowest BCUT2D eigenvalue weighted by atomic mass is 9.81. The predicted octanol–water partition coefficient (Wildman–Crippen LogP) is 4.53. The van der Waals surface area contributed by atoms with Crippen LogP contribution >= 0.6 is 11.6 Å². The first kappa shape index (κ1) is 22.6. The highest BCUT2D eigenvalue weighted by Crippen LogP contribution is 2.56. The number of imide groups is 1. The summed E-state index contributed by atoms with van der Waals surface area (Å²) in [7, 11) is 0. The van der Waals surface area contributed by atoms with E-state index in [-0.39, 0.29) is 35.6 Å². The van der Waals surface area contributed by atoms with Crippen molar-refractivity contribution in [3.8, 4) is 0 Å². The third-order valence-electron chi connectivity index (χ3n) is 8.61. The lowest BCUT2D eigenvalue weighted by Gasteiger charge is -2.41. The van der Waals surface area contributed by atoms with Gasteiger partial charge in [-0.25, -0.2) is 0 Å². The number of hydrogen-bond acceptors (Lipinski definition) is 4. The summed E-state index contributed by atoms with van der Waals surface area (Å²) in [5, 5.41) is 0.340. The van der Waals surface area contributed by atoms with Crippen molar-refractivity contribution >= 4 is 40.7 Å². The molecule has 0 aromatic heterocycles. The molecule has 2 saturated carbocycles. The summed E-state index contributed by atoms with van der Waals surface area (Å²) in [5.74, 6) is -0.0936. The van der Waals surface area contributed by atoms with Gasteiger partial charge in [0.05, 0.1) is 28.1 Å². The summed E-state index contributed by atoms with van der Waals surface area (Å²) in [4.78, 5) is 45.5. The minimum Gasteiger partial charge on any atom is -0.365 e. The van der Waals surface area contributed by atoms with Crippen molar-refractivity contribution < 1.29 is 14.4 Å². The van der Waals surface area contributed by atoms with Crippen molar-refractivity contribution in [2.45, 2.75) is 39.2 Å². The smallest absolute Gasteiger partial charge is 0.255 e. The van der Waals surface area contributed by atoms with Crippen LogP contribution in [-0.4, -0.2) is 48.3 Å². The average Bonchev–Trinajstić information content (AvgIpc) is 3.53. The molecule has 6 rings (SSSR count). The summed E-state index contributed by atoms with van der Waals surface area (Å²) in [6.07, 6.45) is 3.07. The number of nitrogens with zero attached hydrogens (tertiary/aromatic N) is 3. The number of benzene rings is 2. The summed E-state index contributed by atoms with van der Waals surface area (Å²) < 4.78 is 0. The number of piperazine rings is 1. The van der Waals surface area contributed by atoms with Crippen LogP contribution in [0, 0.1) is 30.6 Å². The largest absolute Gasteiger partial charge is 0.365 e. The predicted molar refractivity (Wildman–Crippen MR) is 136 cm³/mol. The molecule has 4 aliphatic rings. The summed E-state index contributed by atoms with van der Waals surface area (Å²) in [6.45, 7) is 6.07. The molecule has 2 heterocycles. The van der Waals surface area contributed by atoms with Gasteiger partial charge in [0.25, 0.3) is 5.91 Å². The van der Waals surface area contributed by atoms with Gasteiger partial charge in [-0.15, -0.1) is 0 Å². The molecule has 0 unspecified atom stereocenters. The third kappa shape index (κ3) is 3.56. The number of amides is 3. The average molecular weight is 492 g/mol. The fourth-order valence-electron chi connectivity index (χ4n) is 6.98. The number of rotatable bonds is 3. The zero-order valence-electron chi connectivity index (χ0n) is 20.1. The second-order valence-corrected chi connectivity index (χ2v) is 11.1. The molecular formula is C28H30ClN3O3. The molecule has 35 heavy (non-hydrogen) atoms. The molecule has 182 valence electrons. The van der Waals surface area contributed by atoms with Gasteiger partial charge in [-0.05, 0) is 80.8 Å². The molecule has 7 heteroatoms. The zero-order chi connectivity index (χ0) is 24.4. The molecule has 3 amide bonds. The number of halogens is 1. The number of carbonyl (C=O) groups excluding carboxylic acids is 3. The number of fused-ring (bicyclic) bond motifs is 5. The van der Waals surface area contributed by atoms with E-state index in [1.165, 1.54) is 10.5 Å². The van der Waals surface area contributed by atoms with Gasteiger partial charge < -0.3 is 9.80 Å². The van der Waals surface area contributed by atoms with E-state index in [4.69, 9.17) is 11.6 Å². The summed E-state index contributed by atoms with van der Waals surface area (Å²) in [6, 6.07) is 13.5. The van der Waals surface area contributed by atoms with Gasteiger partial charge in [-0.2, -0.15) is 0 Å². The maximum atomic E-state index is 13.5. The Morgan fingerprint density at radius 2 is 1.66 bits per heavy atom. The van der Waals surface area contributed by atoms with Crippen LogP contribution in [0.25, 0.3) is 0 Å². The van der Waals surface area contributed by atoms with Crippen LogP contribution in [0.2, 0.25) is 5.02 Å². The van der Waals surface area contributed by atoms with Gasteiger partial charge in [0.1, 0.15) is 0 Å². The number of aryl methyl sites for hydroxylation is 1. The van der Waals surface area contributed by atoms with Gasteiger partial charge in [-0.3, -0.25) is 19.3 Å². The maximum absolute atomic E-state index is 13.5. The highest BCUT2D eigenvalue weighted by atomic mass is 35.5. The van der Waals surface area contributed by atoms with Crippen molar-refractivity contribution in [3.05, 3.63) is 58.6 Å². The summed E-state index contributed by atoms with van der Waals surface area (Å²) in [5.41, 5.74) is 3.18. The Labute approximate surface area is 210 Å². The Bertz CT molecular complexity index is 1200. The topological polar surface area (TPSA) is 60.9 Å². The van der Waals surface area contributed by atoms with Crippen molar-refractivity contribution in [2.24, 2.45) is 23.7 Å². The van der Waals surface area contributed by atoms with Crippen LogP contribution in [0.15, 0.2) is 42.5 Å². The van der Waals surface area contributed by atoms with E-state index < -0.39 is 0 Å². The quantitative estimate of drug-likeness (QED) is 0.592. The number of carbonyl (C=O) groups is 3. The number of hydrogen-bond donors (Lipinski definition) is 0. The first-order chi connectivity index (χ1) is 16.8. The Kier molecular flexibility index (Phi) is 5.40. The molecule has 0 radical (unpaired) electrons. The molecule has 0 N–H and O–H groups in total. The fraction of sp³-hybridized carbons (Fsp3) is 0.464. The van der Waals surface area contributed by atoms with Crippen LogP contribution < -0.4 is 9.80 Å². The van der Waals surface area contributed by atoms with E-state index >= 15 is 0 Å². The Hall–Kier alpha value is -2.86. The minimum absolute atomic E-state index is 0.103. The van der Waals surface area contributed by atoms with Gasteiger partial charge in [0.2, 0.25) is 11.8 Å². The van der Waals surface area contributed by atoms with E-state index in [1.54, 1.807) is 18.2 Å². The van der Waals surface area contributed by atoms with E-state index in [0.717, 1.165) is 31.5 Å². The lowest BCUT2D eigenvalue weighted by Crippen LogP contribution is -2.53. The van der Waals surface area contributed by atoms with E-state index in [9.17, 15) is 14.4 Å². The standard InChI is InChI=1S/C28H30ClN3O3/c1-16-4-3-5-20(12-16)31-11-10-30(15-17(31)2)26(33)22-14-21(8-9-23(22)29)32-27(34)24-18-6-7-19(13-18)25(24)28(32)35/h3-5,8-9,12,14,17-19,24-25H,6-7,10-11,13,15H2,1-2H3/t17-,18-,19-,24-,25+/m0/s1. The zero-order valence-corrected chi connectivity index (χ0v) is 20.9. The molecule has 2 saturated heterocycles. The highest BCUT2D eigenvalue weighted by molar-refractivity contribution is 6.34. The first-order valence-electron chi connectivity index (χ1n) is 12.6. The van der Waals surface area contributed by atoms with Gasteiger partial charge in [-0.1, -0.05) is 23.7 Å². The van der Waals surface area contributed by atoms with Gasteiger partial charge in [0.15, 0.2) is 0 Å². The molecule has 2 aliphatic carbocycles.